The van der Waals surface area contributed by atoms with Crippen molar-refractivity contribution in [3.63, 3.8) is 0 Å². The molecule has 3 nitrogen and oxygen atoms in total. The maximum absolute atomic E-state index is 4.59. The zero-order valence-corrected chi connectivity index (χ0v) is 12.3. The second kappa shape index (κ2) is 7.77. The van der Waals surface area contributed by atoms with Crippen LogP contribution in [-0.4, -0.2) is 27.8 Å². The summed E-state index contributed by atoms with van der Waals surface area (Å²) in [6, 6.07) is 3.21. The normalized spacial score (nSPS) is 14.8. The van der Waals surface area contributed by atoms with Crippen LogP contribution in [0, 0.1) is 0 Å². The molecule has 2 atom stereocenters. The predicted molar refractivity (Wildman–Crippen MR) is 76.5 cm³/mol. The molecule has 0 bridgehead atoms. The molecular formula is C13H25N3S. The van der Waals surface area contributed by atoms with E-state index < -0.39 is 0 Å². The molecule has 0 saturated heterocycles. The zero-order valence-electron chi connectivity index (χ0n) is 11.4. The van der Waals surface area contributed by atoms with E-state index in [-0.39, 0.29) is 0 Å². The van der Waals surface area contributed by atoms with Crippen molar-refractivity contribution in [1.82, 2.24) is 15.1 Å². The van der Waals surface area contributed by atoms with Crippen molar-refractivity contribution in [2.24, 2.45) is 0 Å². The first kappa shape index (κ1) is 14.6. The Morgan fingerprint density at radius 3 is 2.76 bits per heavy atom. The summed E-state index contributed by atoms with van der Waals surface area (Å²) in [5.41, 5.74) is 1.14. The van der Waals surface area contributed by atoms with E-state index in [2.05, 4.69) is 54.4 Å². The monoisotopic (exact) mass is 255 g/mol. The highest BCUT2D eigenvalue weighted by atomic mass is 32.2. The lowest BCUT2D eigenvalue weighted by atomic mass is 10.2. The number of aromatic nitrogens is 2. The first-order valence-electron chi connectivity index (χ1n) is 6.47. The molecule has 0 amide bonds. The van der Waals surface area contributed by atoms with Crippen LogP contribution in [0.1, 0.15) is 45.3 Å². The Morgan fingerprint density at radius 1 is 1.41 bits per heavy atom. The number of hydrogen-bond donors (Lipinski definition) is 1. The van der Waals surface area contributed by atoms with Crippen LogP contribution in [-0.2, 0) is 6.54 Å². The molecule has 0 aliphatic carbocycles. The first-order valence-corrected chi connectivity index (χ1v) is 7.86. The van der Waals surface area contributed by atoms with Gasteiger partial charge >= 0.3 is 0 Å². The third kappa shape index (κ3) is 4.72. The quantitative estimate of drug-likeness (QED) is 0.774. The largest absolute Gasteiger partial charge is 0.307 e. The second-order valence-corrected chi connectivity index (χ2v) is 5.40. The van der Waals surface area contributed by atoms with E-state index in [4.69, 9.17) is 0 Å². The van der Waals surface area contributed by atoms with Crippen LogP contribution in [0.25, 0.3) is 0 Å². The summed E-state index contributed by atoms with van der Waals surface area (Å²) < 4.78 is 2.06. The molecule has 0 aliphatic heterocycles. The van der Waals surface area contributed by atoms with Crippen molar-refractivity contribution in [3.05, 3.63) is 18.0 Å². The Labute approximate surface area is 109 Å². The first-order chi connectivity index (χ1) is 8.21. The molecule has 0 saturated carbocycles. The Kier molecular flexibility index (Phi) is 6.66. The van der Waals surface area contributed by atoms with Gasteiger partial charge < -0.3 is 5.32 Å². The van der Waals surface area contributed by atoms with E-state index in [0.29, 0.717) is 12.1 Å². The van der Waals surface area contributed by atoms with Gasteiger partial charge in [-0.15, -0.1) is 0 Å². The fourth-order valence-corrected chi connectivity index (χ4v) is 2.43. The third-order valence-electron chi connectivity index (χ3n) is 3.14. The average Bonchev–Trinajstić information content (AvgIpc) is 2.82. The van der Waals surface area contributed by atoms with Gasteiger partial charge in [0.15, 0.2) is 0 Å². The van der Waals surface area contributed by atoms with Crippen LogP contribution >= 0.6 is 11.8 Å². The summed E-state index contributed by atoms with van der Waals surface area (Å²) in [5.74, 6) is 1.17. The fraction of sp³-hybridized carbons (Fsp3) is 0.769. The van der Waals surface area contributed by atoms with Crippen molar-refractivity contribution < 1.29 is 0 Å². The number of nitrogens with zero attached hydrogens (tertiary/aromatic N) is 2. The van der Waals surface area contributed by atoms with Crippen molar-refractivity contribution in [1.29, 1.82) is 0 Å². The van der Waals surface area contributed by atoms with Gasteiger partial charge in [0, 0.05) is 30.6 Å². The molecule has 1 heterocycles. The minimum absolute atomic E-state index is 0.497. The van der Waals surface area contributed by atoms with Gasteiger partial charge in [-0.25, -0.2) is 0 Å². The van der Waals surface area contributed by atoms with Gasteiger partial charge in [-0.2, -0.15) is 16.9 Å². The highest BCUT2D eigenvalue weighted by Gasteiger charge is 2.07. The molecule has 1 aromatic heterocycles. The van der Waals surface area contributed by atoms with Crippen molar-refractivity contribution in [2.75, 3.05) is 12.0 Å². The summed E-state index contributed by atoms with van der Waals surface area (Å²) in [4.78, 5) is 0. The Hall–Kier alpha value is -0.480. The smallest absolute Gasteiger partial charge is 0.0762 e. The molecule has 98 valence electrons. The molecule has 1 aromatic rings. The number of nitrogens with one attached hydrogen (secondary N) is 1. The lowest BCUT2D eigenvalue weighted by molar-refractivity contribution is 0.466. The predicted octanol–water partition coefficient (Wildman–Crippen LogP) is 3.09. The van der Waals surface area contributed by atoms with Gasteiger partial charge in [-0.1, -0.05) is 13.8 Å². The summed E-state index contributed by atoms with van der Waals surface area (Å²) in [7, 11) is 0. The Balaban J connectivity index is 2.43. The summed E-state index contributed by atoms with van der Waals surface area (Å²) in [5, 5.41) is 8.15. The highest BCUT2D eigenvalue weighted by Crippen LogP contribution is 2.09. The third-order valence-corrected chi connectivity index (χ3v) is 3.87. The van der Waals surface area contributed by atoms with Gasteiger partial charge in [0.2, 0.25) is 0 Å². The minimum Gasteiger partial charge on any atom is -0.307 e. The van der Waals surface area contributed by atoms with Crippen LogP contribution in [0.15, 0.2) is 12.3 Å². The van der Waals surface area contributed by atoms with Gasteiger partial charge in [-0.05, 0) is 32.1 Å². The van der Waals surface area contributed by atoms with E-state index in [1.165, 1.54) is 12.2 Å². The minimum atomic E-state index is 0.497. The molecule has 1 rings (SSSR count). The van der Waals surface area contributed by atoms with Crippen LogP contribution in [0.2, 0.25) is 0 Å². The molecule has 2 unspecified atom stereocenters. The molecule has 1 N–H and O–H groups in total. The van der Waals surface area contributed by atoms with Crippen molar-refractivity contribution in [3.8, 4) is 0 Å². The lowest BCUT2D eigenvalue weighted by Crippen LogP contribution is -2.30. The van der Waals surface area contributed by atoms with Crippen LogP contribution in [0.5, 0.6) is 0 Å². The van der Waals surface area contributed by atoms with Gasteiger partial charge in [-0.3, -0.25) is 4.68 Å². The van der Waals surface area contributed by atoms with Crippen LogP contribution in [0.4, 0.5) is 0 Å². The standard InChI is InChI=1S/C13H25N3S/c1-5-11(3)16-8-7-13(15-16)9-14-12(6-2)10-17-4/h7-8,11-12,14H,5-6,9-10H2,1-4H3. The van der Waals surface area contributed by atoms with Crippen LogP contribution in [0.3, 0.4) is 0 Å². The molecule has 0 aromatic carbocycles. The van der Waals surface area contributed by atoms with Crippen LogP contribution < -0.4 is 5.32 Å². The van der Waals surface area contributed by atoms with E-state index in [9.17, 15) is 0 Å². The number of rotatable bonds is 8. The summed E-state index contributed by atoms with van der Waals surface area (Å²) in [6.07, 6.45) is 6.54. The molecule has 0 aliphatic rings. The fourth-order valence-electron chi connectivity index (χ4n) is 1.68. The maximum atomic E-state index is 4.59. The molecule has 0 spiro atoms. The molecule has 0 radical (unpaired) electrons. The van der Waals surface area contributed by atoms with E-state index in [1.54, 1.807) is 0 Å². The summed E-state index contributed by atoms with van der Waals surface area (Å²) in [6.45, 7) is 7.50. The molecule has 0 fully saturated rings. The van der Waals surface area contributed by atoms with E-state index in [0.717, 1.165) is 18.7 Å². The summed E-state index contributed by atoms with van der Waals surface area (Å²) >= 11 is 1.90. The second-order valence-electron chi connectivity index (χ2n) is 4.49. The maximum Gasteiger partial charge on any atom is 0.0762 e. The zero-order chi connectivity index (χ0) is 12.7. The SMILES string of the molecule is CCC(CSC)NCc1ccn(C(C)CC)n1. The van der Waals surface area contributed by atoms with Gasteiger partial charge in [0.25, 0.3) is 0 Å². The van der Waals surface area contributed by atoms with Crippen molar-refractivity contribution in [2.45, 2.75) is 52.2 Å². The highest BCUT2D eigenvalue weighted by molar-refractivity contribution is 7.98. The number of thioether (sulfide) groups is 1. The van der Waals surface area contributed by atoms with Crippen molar-refractivity contribution >= 4 is 11.8 Å². The topological polar surface area (TPSA) is 29.9 Å². The molecule has 4 heteroatoms. The molecular weight excluding hydrogens is 230 g/mol. The Morgan fingerprint density at radius 2 is 2.18 bits per heavy atom. The van der Waals surface area contributed by atoms with E-state index in [1.807, 2.05) is 11.8 Å². The van der Waals surface area contributed by atoms with Gasteiger partial charge in [0.05, 0.1) is 5.69 Å². The lowest BCUT2D eigenvalue weighted by Gasteiger charge is -2.14. The van der Waals surface area contributed by atoms with E-state index >= 15 is 0 Å². The molecule has 17 heavy (non-hydrogen) atoms. The number of hydrogen-bond acceptors (Lipinski definition) is 3. The average molecular weight is 255 g/mol. The van der Waals surface area contributed by atoms with Gasteiger partial charge in [0.1, 0.15) is 0 Å². The Bertz CT molecular complexity index is 311.